The maximum absolute atomic E-state index is 12.8. The molecule has 1 saturated carbocycles. The molecule has 1 fully saturated rings. The first kappa shape index (κ1) is 15.6. The Morgan fingerprint density at radius 1 is 1.29 bits per heavy atom. The van der Waals surface area contributed by atoms with Gasteiger partial charge < -0.3 is 9.88 Å². The zero-order valence-electron chi connectivity index (χ0n) is 13.6. The molecule has 5 nitrogen and oxygen atoms in total. The summed E-state index contributed by atoms with van der Waals surface area (Å²) in [6.07, 6.45) is 8.50. The topological polar surface area (TPSA) is 66.1 Å². The highest BCUT2D eigenvalue weighted by Gasteiger charge is 2.26. The third-order valence-electron chi connectivity index (χ3n) is 5.17. The lowest BCUT2D eigenvalue weighted by atomic mass is 9.88. The zero-order valence-corrected chi connectivity index (χ0v) is 14.4. The summed E-state index contributed by atoms with van der Waals surface area (Å²) in [5.74, 6) is 0.654. The number of rotatable bonds is 2. The molecular weight excluding hydrogens is 322 g/mol. The third kappa shape index (κ3) is 2.90. The number of carbonyl (C=O) groups excluding carboxylic acids is 1. The van der Waals surface area contributed by atoms with Crippen LogP contribution < -0.4 is 5.56 Å². The molecule has 0 aromatic carbocycles. The van der Waals surface area contributed by atoms with Crippen LogP contribution in [0.3, 0.4) is 0 Å². The predicted octanol–water partition coefficient (Wildman–Crippen LogP) is 3.08. The van der Waals surface area contributed by atoms with Crippen molar-refractivity contribution in [3.05, 3.63) is 49.8 Å². The number of hydrogen-bond donors (Lipinski definition) is 1. The highest BCUT2D eigenvalue weighted by molar-refractivity contribution is 7.10. The Morgan fingerprint density at radius 3 is 2.96 bits per heavy atom. The molecule has 4 rings (SSSR count). The van der Waals surface area contributed by atoms with Gasteiger partial charge in [-0.25, -0.2) is 4.98 Å². The summed E-state index contributed by atoms with van der Waals surface area (Å²) in [7, 11) is 0. The van der Waals surface area contributed by atoms with Gasteiger partial charge in [-0.2, -0.15) is 0 Å². The van der Waals surface area contributed by atoms with E-state index in [0.29, 0.717) is 31.0 Å². The molecular formula is C18H21N3O2S. The van der Waals surface area contributed by atoms with E-state index in [0.717, 1.165) is 11.3 Å². The zero-order chi connectivity index (χ0) is 16.5. The van der Waals surface area contributed by atoms with Crippen molar-refractivity contribution < 1.29 is 4.79 Å². The number of fused-ring (bicyclic) bond motifs is 1. The molecule has 2 aromatic rings. The normalized spacial score (nSPS) is 18.4. The maximum atomic E-state index is 12.8. The largest absolute Gasteiger partial charge is 0.334 e. The van der Waals surface area contributed by atoms with E-state index >= 15 is 0 Å². The molecule has 2 aliphatic rings. The average Bonchev–Trinajstić information content (AvgIpc) is 3.12. The minimum Gasteiger partial charge on any atom is -0.334 e. The van der Waals surface area contributed by atoms with Crippen LogP contribution in [0.25, 0.3) is 0 Å². The predicted molar refractivity (Wildman–Crippen MR) is 93.4 cm³/mol. The molecule has 2 aromatic heterocycles. The fourth-order valence-corrected chi connectivity index (χ4v) is 4.83. The Hall–Kier alpha value is -1.95. The Balaban J connectivity index is 1.51. The van der Waals surface area contributed by atoms with Crippen molar-refractivity contribution in [1.82, 2.24) is 14.9 Å². The smallest absolute Gasteiger partial charge is 0.255 e. The van der Waals surface area contributed by atoms with Gasteiger partial charge in [-0.05, 0) is 24.8 Å². The summed E-state index contributed by atoms with van der Waals surface area (Å²) >= 11 is 1.71. The molecule has 6 heteroatoms. The van der Waals surface area contributed by atoms with Gasteiger partial charge in [0.1, 0.15) is 0 Å². The lowest BCUT2D eigenvalue weighted by Gasteiger charge is -2.27. The lowest BCUT2D eigenvalue weighted by Crippen LogP contribution is -2.39. The highest BCUT2D eigenvalue weighted by Crippen LogP contribution is 2.36. The molecule has 3 heterocycles. The molecule has 0 saturated heterocycles. The first-order valence-corrected chi connectivity index (χ1v) is 9.53. The number of nitrogens with zero attached hydrogens (tertiary/aromatic N) is 2. The molecule has 0 spiro atoms. The standard InChI is InChI=1S/C18H21N3O2S/c22-17-14-9-21(7-6-15(14)19-11-20-17)18(23)13-8-16(24-10-13)12-4-2-1-3-5-12/h8,10-12H,1-7,9H2,(H,19,20,22). The SMILES string of the molecule is O=C(c1csc(C2CCCCC2)c1)N1CCc2nc[nH]c(=O)c2C1. The van der Waals surface area contributed by atoms with Crippen molar-refractivity contribution >= 4 is 17.2 Å². The van der Waals surface area contributed by atoms with Crippen LogP contribution in [-0.4, -0.2) is 27.3 Å². The van der Waals surface area contributed by atoms with E-state index < -0.39 is 0 Å². The molecule has 0 unspecified atom stereocenters. The number of H-pyrrole nitrogens is 1. The van der Waals surface area contributed by atoms with Crippen molar-refractivity contribution in [1.29, 1.82) is 0 Å². The lowest BCUT2D eigenvalue weighted by molar-refractivity contribution is 0.0733. The van der Waals surface area contributed by atoms with Crippen molar-refractivity contribution in [2.24, 2.45) is 0 Å². The summed E-state index contributed by atoms with van der Waals surface area (Å²) in [4.78, 5) is 34.7. The van der Waals surface area contributed by atoms with Gasteiger partial charge in [-0.15, -0.1) is 11.3 Å². The van der Waals surface area contributed by atoms with Gasteiger partial charge in [0.15, 0.2) is 0 Å². The van der Waals surface area contributed by atoms with E-state index in [1.807, 2.05) is 5.38 Å². The summed E-state index contributed by atoms with van der Waals surface area (Å²) in [6, 6.07) is 2.08. The molecule has 1 N–H and O–H groups in total. The number of nitrogens with one attached hydrogen (secondary N) is 1. The van der Waals surface area contributed by atoms with E-state index in [4.69, 9.17) is 0 Å². The Kier molecular flexibility index (Phi) is 4.22. The number of aromatic amines is 1. The van der Waals surface area contributed by atoms with E-state index in [9.17, 15) is 9.59 Å². The van der Waals surface area contributed by atoms with Crippen molar-refractivity contribution in [2.45, 2.75) is 51.0 Å². The second-order valence-corrected chi connectivity index (χ2v) is 7.65. The first-order valence-electron chi connectivity index (χ1n) is 8.65. The van der Waals surface area contributed by atoms with Crippen LogP contribution in [0.15, 0.2) is 22.6 Å². The Labute approximate surface area is 144 Å². The number of carbonyl (C=O) groups is 1. The molecule has 0 radical (unpaired) electrons. The third-order valence-corrected chi connectivity index (χ3v) is 6.26. The molecule has 0 bridgehead atoms. The monoisotopic (exact) mass is 343 g/mol. The summed E-state index contributed by atoms with van der Waals surface area (Å²) in [5.41, 5.74) is 2.07. The highest BCUT2D eigenvalue weighted by atomic mass is 32.1. The fraction of sp³-hybridized carbons (Fsp3) is 0.500. The number of thiophene rings is 1. The van der Waals surface area contributed by atoms with Gasteiger partial charge in [0, 0.05) is 23.2 Å². The van der Waals surface area contributed by atoms with E-state index in [-0.39, 0.29) is 11.5 Å². The van der Waals surface area contributed by atoms with Crippen molar-refractivity contribution in [3.8, 4) is 0 Å². The van der Waals surface area contributed by atoms with Gasteiger partial charge in [0.25, 0.3) is 11.5 Å². The average molecular weight is 343 g/mol. The molecule has 1 amide bonds. The first-order chi connectivity index (χ1) is 11.7. The quantitative estimate of drug-likeness (QED) is 0.911. The van der Waals surface area contributed by atoms with Crippen LogP contribution in [0.2, 0.25) is 0 Å². The number of hydrogen-bond acceptors (Lipinski definition) is 4. The Bertz CT molecular complexity index is 805. The van der Waals surface area contributed by atoms with Gasteiger partial charge in [0.05, 0.1) is 29.7 Å². The molecule has 126 valence electrons. The summed E-state index contributed by atoms with van der Waals surface area (Å²) < 4.78 is 0. The molecule has 1 aliphatic heterocycles. The van der Waals surface area contributed by atoms with Gasteiger partial charge in [0.2, 0.25) is 0 Å². The fourth-order valence-electron chi connectivity index (χ4n) is 3.78. The molecule has 24 heavy (non-hydrogen) atoms. The van der Waals surface area contributed by atoms with E-state index in [2.05, 4.69) is 16.0 Å². The van der Waals surface area contributed by atoms with Gasteiger partial charge in [-0.1, -0.05) is 19.3 Å². The summed E-state index contributed by atoms with van der Waals surface area (Å²) in [5, 5.41) is 1.98. The van der Waals surface area contributed by atoms with Gasteiger partial charge in [-0.3, -0.25) is 9.59 Å². The Morgan fingerprint density at radius 2 is 2.12 bits per heavy atom. The second-order valence-electron chi connectivity index (χ2n) is 6.71. The maximum Gasteiger partial charge on any atom is 0.255 e. The molecule has 0 atom stereocenters. The number of aromatic nitrogens is 2. The number of amides is 1. The minimum atomic E-state index is -0.134. The molecule has 1 aliphatic carbocycles. The van der Waals surface area contributed by atoms with E-state index in [1.54, 1.807) is 16.2 Å². The second kappa shape index (κ2) is 6.51. The van der Waals surface area contributed by atoms with Crippen LogP contribution in [0.4, 0.5) is 0 Å². The van der Waals surface area contributed by atoms with Crippen molar-refractivity contribution in [3.63, 3.8) is 0 Å². The summed E-state index contributed by atoms with van der Waals surface area (Å²) in [6.45, 7) is 0.975. The van der Waals surface area contributed by atoms with Gasteiger partial charge >= 0.3 is 0 Å². The van der Waals surface area contributed by atoms with Crippen LogP contribution in [0, 0.1) is 0 Å². The van der Waals surface area contributed by atoms with Crippen LogP contribution >= 0.6 is 11.3 Å². The van der Waals surface area contributed by atoms with Crippen LogP contribution in [0.5, 0.6) is 0 Å². The minimum absolute atomic E-state index is 0.0298. The van der Waals surface area contributed by atoms with Crippen LogP contribution in [0.1, 0.15) is 64.5 Å². The van der Waals surface area contributed by atoms with Crippen LogP contribution in [-0.2, 0) is 13.0 Å². The van der Waals surface area contributed by atoms with Crippen molar-refractivity contribution in [2.75, 3.05) is 6.54 Å². The van der Waals surface area contributed by atoms with E-state index in [1.165, 1.54) is 43.3 Å².